The largest absolute Gasteiger partial charge is 0.378 e. The van der Waals surface area contributed by atoms with Gasteiger partial charge in [0.15, 0.2) is 9.84 Å². The first kappa shape index (κ1) is 22.0. The van der Waals surface area contributed by atoms with Crippen LogP contribution in [0.15, 0.2) is 47.4 Å². The van der Waals surface area contributed by atoms with Gasteiger partial charge < -0.3 is 10.6 Å². The molecule has 0 spiro atoms. The maximum absolute atomic E-state index is 12.8. The fraction of sp³-hybridized carbons (Fsp3) is 0.350. The Morgan fingerprint density at radius 3 is 2.50 bits per heavy atom. The summed E-state index contributed by atoms with van der Waals surface area (Å²) in [6.45, 7) is 0.503. The van der Waals surface area contributed by atoms with Gasteiger partial charge in [-0.15, -0.1) is 0 Å². The standard InChI is InChI=1S/C20H22ClN3O5S/c1-30(28,29)16-6-7-17(18(13-16)24(26)27)22-10-11-23-19(25)20(8-3-9-20)14-4-2-5-15(21)12-14/h2,4-7,12-13,22H,3,8-11H2,1H3,(H,23,25). The molecule has 1 amide bonds. The molecular formula is C20H22ClN3O5S. The Balaban J connectivity index is 1.63. The van der Waals surface area contributed by atoms with Gasteiger partial charge in [0, 0.05) is 30.4 Å². The number of nitrogens with zero attached hydrogens (tertiary/aromatic N) is 1. The second-order valence-electron chi connectivity index (χ2n) is 7.34. The fourth-order valence-electron chi connectivity index (χ4n) is 3.55. The van der Waals surface area contributed by atoms with E-state index in [1.807, 2.05) is 18.2 Å². The first-order chi connectivity index (χ1) is 14.1. The molecule has 3 rings (SSSR count). The number of benzene rings is 2. The summed E-state index contributed by atoms with van der Waals surface area (Å²) in [5.74, 6) is -0.0975. The molecule has 0 unspecified atom stereocenters. The molecule has 0 radical (unpaired) electrons. The summed E-state index contributed by atoms with van der Waals surface area (Å²) in [6.07, 6.45) is 3.43. The smallest absolute Gasteiger partial charge is 0.293 e. The van der Waals surface area contributed by atoms with E-state index in [0.717, 1.165) is 37.1 Å². The first-order valence-corrected chi connectivity index (χ1v) is 11.7. The van der Waals surface area contributed by atoms with Crippen LogP contribution in [0.5, 0.6) is 0 Å². The SMILES string of the molecule is CS(=O)(=O)c1ccc(NCCNC(=O)C2(c3cccc(Cl)c3)CCC2)c([N+](=O)[O-])c1. The molecule has 1 aliphatic rings. The highest BCUT2D eigenvalue weighted by Crippen LogP contribution is 2.44. The van der Waals surface area contributed by atoms with E-state index in [2.05, 4.69) is 10.6 Å². The lowest BCUT2D eigenvalue weighted by Gasteiger charge is -2.40. The number of carbonyl (C=O) groups is 1. The third kappa shape index (κ3) is 4.57. The number of sulfone groups is 1. The number of hydrogen-bond donors (Lipinski definition) is 2. The Morgan fingerprint density at radius 1 is 1.20 bits per heavy atom. The molecule has 0 aliphatic heterocycles. The average molecular weight is 452 g/mol. The number of nitro groups is 1. The van der Waals surface area contributed by atoms with Gasteiger partial charge in [-0.05, 0) is 42.7 Å². The highest BCUT2D eigenvalue weighted by atomic mass is 35.5. The third-order valence-corrected chi connectivity index (χ3v) is 6.68. The van der Waals surface area contributed by atoms with Gasteiger partial charge in [-0.25, -0.2) is 8.42 Å². The van der Waals surface area contributed by atoms with Crippen molar-refractivity contribution in [2.24, 2.45) is 0 Å². The van der Waals surface area contributed by atoms with E-state index < -0.39 is 20.2 Å². The molecule has 30 heavy (non-hydrogen) atoms. The van der Waals surface area contributed by atoms with Gasteiger partial charge in [0.25, 0.3) is 5.69 Å². The van der Waals surface area contributed by atoms with Crippen molar-refractivity contribution in [1.82, 2.24) is 5.32 Å². The summed E-state index contributed by atoms with van der Waals surface area (Å²) < 4.78 is 23.2. The maximum Gasteiger partial charge on any atom is 0.293 e. The van der Waals surface area contributed by atoms with Crippen LogP contribution < -0.4 is 10.6 Å². The molecule has 10 heteroatoms. The Morgan fingerprint density at radius 2 is 1.93 bits per heavy atom. The highest BCUT2D eigenvalue weighted by molar-refractivity contribution is 7.90. The lowest BCUT2D eigenvalue weighted by molar-refractivity contribution is -0.384. The molecule has 0 saturated heterocycles. The summed E-state index contributed by atoms with van der Waals surface area (Å²) in [5, 5.41) is 17.7. The number of halogens is 1. The van der Waals surface area contributed by atoms with Crippen molar-refractivity contribution in [3.8, 4) is 0 Å². The Labute approximate surface area is 179 Å². The van der Waals surface area contributed by atoms with Crippen LogP contribution in [0.1, 0.15) is 24.8 Å². The van der Waals surface area contributed by atoms with Gasteiger partial charge in [-0.3, -0.25) is 14.9 Å². The van der Waals surface area contributed by atoms with Crippen LogP contribution in [-0.2, 0) is 20.0 Å². The molecule has 2 aromatic rings. The zero-order valence-corrected chi connectivity index (χ0v) is 17.9. The molecule has 0 heterocycles. The predicted molar refractivity (Wildman–Crippen MR) is 115 cm³/mol. The average Bonchev–Trinajstić information content (AvgIpc) is 2.63. The Kier molecular flexibility index (Phi) is 6.33. The minimum absolute atomic E-state index is 0.0975. The molecule has 0 atom stereocenters. The summed E-state index contributed by atoms with van der Waals surface area (Å²) >= 11 is 6.08. The number of nitrogens with one attached hydrogen (secondary N) is 2. The molecule has 0 aromatic heterocycles. The second-order valence-corrected chi connectivity index (χ2v) is 9.79. The van der Waals surface area contributed by atoms with Gasteiger partial charge in [0.05, 0.1) is 15.2 Å². The lowest BCUT2D eigenvalue weighted by Crippen LogP contribution is -2.50. The van der Waals surface area contributed by atoms with Crippen molar-refractivity contribution in [2.75, 3.05) is 24.7 Å². The van der Waals surface area contributed by atoms with Crippen molar-refractivity contribution in [1.29, 1.82) is 0 Å². The summed E-state index contributed by atoms with van der Waals surface area (Å²) in [5.41, 5.74) is 0.154. The number of hydrogen-bond acceptors (Lipinski definition) is 6. The van der Waals surface area contributed by atoms with Crippen LogP contribution in [0.2, 0.25) is 5.02 Å². The molecule has 0 bridgehead atoms. The topological polar surface area (TPSA) is 118 Å². The van der Waals surface area contributed by atoms with Gasteiger partial charge in [-0.2, -0.15) is 0 Å². The van der Waals surface area contributed by atoms with E-state index in [1.54, 1.807) is 6.07 Å². The zero-order valence-electron chi connectivity index (χ0n) is 16.4. The van der Waals surface area contributed by atoms with Gasteiger partial charge in [0.1, 0.15) is 5.69 Å². The van der Waals surface area contributed by atoms with Crippen molar-refractivity contribution < 1.29 is 18.1 Å². The van der Waals surface area contributed by atoms with E-state index in [-0.39, 0.29) is 35.3 Å². The molecule has 8 nitrogen and oxygen atoms in total. The zero-order chi connectivity index (χ0) is 21.9. The summed E-state index contributed by atoms with van der Waals surface area (Å²) in [4.78, 5) is 23.4. The third-order valence-electron chi connectivity index (χ3n) is 5.34. The molecule has 1 aliphatic carbocycles. The van der Waals surface area contributed by atoms with Gasteiger partial charge in [-0.1, -0.05) is 30.2 Å². The van der Waals surface area contributed by atoms with Crippen LogP contribution >= 0.6 is 11.6 Å². The molecule has 2 N–H and O–H groups in total. The normalized spacial score (nSPS) is 15.1. The predicted octanol–water partition coefficient (Wildman–Crippen LogP) is 3.30. The maximum atomic E-state index is 12.8. The fourth-order valence-corrected chi connectivity index (χ4v) is 4.38. The number of carbonyl (C=O) groups excluding carboxylic acids is 1. The molecular weight excluding hydrogens is 430 g/mol. The Hall–Kier alpha value is -2.65. The van der Waals surface area contributed by atoms with Crippen LogP contribution in [0.4, 0.5) is 11.4 Å². The molecule has 1 fully saturated rings. The number of amides is 1. The Bertz CT molecular complexity index is 1080. The lowest BCUT2D eigenvalue weighted by atomic mass is 9.64. The van der Waals surface area contributed by atoms with Crippen LogP contribution in [0, 0.1) is 10.1 Å². The number of rotatable bonds is 8. The molecule has 160 valence electrons. The van der Waals surface area contributed by atoms with E-state index >= 15 is 0 Å². The van der Waals surface area contributed by atoms with E-state index in [4.69, 9.17) is 11.6 Å². The van der Waals surface area contributed by atoms with Crippen molar-refractivity contribution in [2.45, 2.75) is 29.6 Å². The monoisotopic (exact) mass is 451 g/mol. The van der Waals surface area contributed by atoms with E-state index in [9.17, 15) is 23.3 Å². The number of anilines is 1. The minimum atomic E-state index is -3.55. The van der Waals surface area contributed by atoms with Gasteiger partial charge in [0.2, 0.25) is 5.91 Å². The number of nitro benzene ring substituents is 1. The minimum Gasteiger partial charge on any atom is -0.378 e. The second kappa shape index (κ2) is 8.61. The summed E-state index contributed by atoms with van der Waals surface area (Å²) in [7, 11) is -3.55. The van der Waals surface area contributed by atoms with E-state index in [0.29, 0.717) is 5.02 Å². The van der Waals surface area contributed by atoms with Crippen LogP contribution in [-0.4, -0.2) is 38.6 Å². The van der Waals surface area contributed by atoms with Crippen LogP contribution in [0.25, 0.3) is 0 Å². The highest BCUT2D eigenvalue weighted by Gasteiger charge is 2.45. The van der Waals surface area contributed by atoms with Gasteiger partial charge >= 0.3 is 0 Å². The van der Waals surface area contributed by atoms with Crippen molar-refractivity contribution in [3.05, 3.63) is 63.2 Å². The quantitative estimate of drug-likeness (QED) is 0.361. The van der Waals surface area contributed by atoms with Crippen molar-refractivity contribution >= 4 is 38.7 Å². The van der Waals surface area contributed by atoms with Crippen LogP contribution in [0.3, 0.4) is 0 Å². The summed E-state index contributed by atoms with van der Waals surface area (Å²) in [6, 6.07) is 11.0. The van der Waals surface area contributed by atoms with E-state index in [1.165, 1.54) is 12.1 Å². The molecule has 1 saturated carbocycles. The molecule has 2 aromatic carbocycles. The first-order valence-electron chi connectivity index (χ1n) is 9.40. The van der Waals surface area contributed by atoms with Crippen molar-refractivity contribution in [3.63, 3.8) is 0 Å².